The average molecular weight is 364 g/mol. The smallest absolute Gasteiger partial charge is 0.242 e. The summed E-state index contributed by atoms with van der Waals surface area (Å²) < 4.78 is 7.85. The summed E-state index contributed by atoms with van der Waals surface area (Å²) in [5.74, 6) is 2.06. The highest BCUT2D eigenvalue weighted by atomic mass is 16.5. The first-order valence-electron chi connectivity index (χ1n) is 9.34. The number of amides is 1. The van der Waals surface area contributed by atoms with Crippen molar-refractivity contribution in [1.82, 2.24) is 14.5 Å². The molecule has 6 heteroatoms. The monoisotopic (exact) mass is 364 g/mol. The molecule has 3 aromatic rings. The van der Waals surface area contributed by atoms with E-state index in [2.05, 4.69) is 4.98 Å². The Morgan fingerprint density at radius 2 is 1.93 bits per heavy atom. The second kappa shape index (κ2) is 7.80. The van der Waals surface area contributed by atoms with Crippen molar-refractivity contribution < 1.29 is 9.53 Å². The van der Waals surface area contributed by atoms with E-state index in [-0.39, 0.29) is 12.5 Å². The van der Waals surface area contributed by atoms with Gasteiger partial charge in [-0.2, -0.15) is 0 Å². The van der Waals surface area contributed by atoms with Gasteiger partial charge in [0.05, 0.1) is 11.0 Å². The highest BCUT2D eigenvalue weighted by Crippen LogP contribution is 2.20. The van der Waals surface area contributed by atoms with Crippen molar-refractivity contribution in [1.29, 1.82) is 0 Å². The SMILES string of the molecule is NCC1CCN(C(=O)Cn2c(COc3ccccc3)nc3ccccc32)C1. The molecular weight excluding hydrogens is 340 g/mol. The molecule has 4 rings (SSSR count). The number of nitrogens with zero attached hydrogens (tertiary/aromatic N) is 3. The molecule has 1 aliphatic rings. The molecular formula is C21H24N4O2. The summed E-state index contributed by atoms with van der Waals surface area (Å²) in [6, 6.07) is 17.5. The van der Waals surface area contributed by atoms with E-state index in [9.17, 15) is 4.79 Å². The van der Waals surface area contributed by atoms with Crippen molar-refractivity contribution in [3.63, 3.8) is 0 Å². The highest BCUT2D eigenvalue weighted by Gasteiger charge is 2.26. The average Bonchev–Trinajstić information content (AvgIpc) is 3.32. The minimum absolute atomic E-state index is 0.107. The summed E-state index contributed by atoms with van der Waals surface area (Å²) >= 11 is 0. The van der Waals surface area contributed by atoms with E-state index in [4.69, 9.17) is 10.5 Å². The van der Waals surface area contributed by atoms with Crippen LogP contribution in [-0.2, 0) is 17.9 Å². The number of benzene rings is 2. The number of fused-ring (bicyclic) bond motifs is 1. The molecule has 1 aromatic heterocycles. The Morgan fingerprint density at radius 3 is 2.70 bits per heavy atom. The number of nitrogens with two attached hydrogens (primary N) is 1. The van der Waals surface area contributed by atoms with E-state index in [1.165, 1.54) is 0 Å². The van der Waals surface area contributed by atoms with Crippen LogP contribution in [0.3, 0.4) is 0 Å². The van der Waals surface area contributed by atoms with Crippen LogP contribution in [-0.4, -0.2) is 40.0 Å². The van der Waals surface area contributed by atoms with E-state index in [0.717, 1.165) is 42.1 Å². The lowest BCUT2D eigenvalue weighted by molar-refractivity contribution is -0.130. The maximum atomic E-state index is 12.8. The van der Waals surface area contributed by atoms with E-state index >= 15 is 0 Å². The van der Waals surface area contributed by atoms with Crippen LogP contribution in [0.2, 0.25) is 0 Å². The van der Waals surface area contributed by atoms with Gasteiger partial charge in [0, 0.05) is 13.1 Å². The van der Waals surface area contributed by atoms with Crippen LogP contribution in [0.25, 0.3) is 11.0 Å². The van der Waals surface area contributed by atoms with Crippen molar-refractivity contribution in [3.8, 4) is 5.75 Å². The number of ether oxygens (including phenoxy) is 1. The van der Waals surface area contributed by atoms with Gasteiger partial charge >= 0.3 is 0 Å². The Bertz CT molecular complexity index is 922. The standard InChI is InChI=1S/C21H24N4O2/c22-12-16-10-11-24(13-16)21(26)14-25-19-9-5-4-8-18(19)23-20(25)15-27-17-6-2-1-3-7-17/h1-9,16H,10-15,22H2. The number of hydrogen-bond donors (Lipinski definition) is 1. The molecule has 27 heavy (non-hydrogen) atoms. The zero-order valence-electron chi connectivity index (χ0n) is 15.3. The lowest BCUT2D eigenvalue weighted by Crippen LogP contribution is -2.33. The fourth-order valence-corrected chi connectivity index (χ4v) is 3.56. The number of imidazole rings is 1. The molecule has 0 aliphatic carbocycles. The molecule has 0 bridgehead atoms. The highest BCUT2D eigenvalue weighted by molar-refractivity contribution is 5.81. The van der Waals surface area contributed by atoms with Gasteiger partial charge in [0.15, 0.2) is 0 Å². The van der Waals surface area contributed by atoms with E-state index < -0.39 is 0 Å². The van der Waals surface area contributed by atoms with Gasteiger partial charge in [-0.25, -0.2) is 4.98 Å². The van der Waals surface area contributed by atoms with Gasteiger partial charge in [0.25, 0.3) is 0 Å². The van der Waals surface area contributed by atoms with Crippen LogP contribution in [0, 0.1) is 5.92 Å². The van der Waals surface area contributed by atoms with Crippen LogP contribution in [0.4, 0.5) is 0 Å². The molecule has 2 N–H and O–H groups in total. The first-order valence-corrected chi connectivity index (χ1v) is 9.34. The summed E-state index contributed by atoms with van der Waals surface area (Å²) in [7, 11) is 0. The molecule has 1 unspecified atom stereocenters. The predicted octanol–water partition coefficient (Wildman–Crippen LogP) is 2.42. The zero-order chi connectivity index (χ0) is 18.6. The Hall–Kier alpha value is -2.86. The van der Waals surface area contributed by atoms with Gasteiger partial charge in [-0.3, -0.25) is 4.79 Å². The summed E-state index contributed by atoms with van der Waals surface area (Å²) in [6.07, 6.45) is 0.983. The molecule has 0 saturated carbocycles. The van der Waals surface area contributed by atoms with Crippen molar-refractivity contribution in [3.05, 3.63) is 60.4 Å². The predicted molar refractivity (Wildman–Crippen MR) is 104 cm³/mol. The van der Waals surface area contributed by atoms with Crippen molar-refractivity contribution >= 4 is 16.9 Å². The van der Waals surface area contributed by atoms with Crippen LogP contribution in [0.5, 0.6) is 5.75 Å². The molecule has 0 radical (unpaired) electrons. The normalized spacial score (nSPS) is 16.8. The largest absolute Gasteiger partial charge is 0.486 e. The van der Waals surface area contributed by atoms with Gasteiger partial charge in [-0.15, -0.1) is 0 Å². The molecule has 1 amide bonds. The Labute approximate surface area is 158 Å². The number of likely N-dealkylation sites (tertiary alicyclic amines) is 1. The van der Waals surface area contributed by atoms with E-state index in [0.29, 0.717) is 19.1 Å². The molecule has 0 spiro atoms. The van der Waals surface area contributed by atoms with Crippen LogP contribution >= 0.6 is 0 Å². The first kappa shape index (κ1) is 17.5. The minimum Gasteiger partial charge on any atom is -0.486 e. The van der Waals surface area contributed by atoms with Crippen molar-refractivity contribution in [2.45, 2.75) is 19.6 Å². The topological polar surface area (TPSA) is 73.4 Å². The Balaban J connectivity index is 1.55. The van der Waals surface area contributed by atoms with Gasteiger partial charge in [0.1, 0.15) is 24.7 Å². The lowest BCUT2D eigenvalue weighted by atomic mass is 10.1. The fourth-order valence-electron chi connectivity index (χ4n) is 3.56. The quantitative estimate of drug-likeness (QED) is 0.729. The molecule has 2 aromatic carbocycles. The van der Waals surface area contributed by atoms with Gasteiger partial charge in [-0.05, 0) is 43.1 Å². The molecule has 1 aliphatic heterocycles. The number of carbonyl (C=O) groups is 1. The Kier molecular flexibility index (Phi) is 5.07. The van der Waals surface area contributed by atoms with E-state index in [1.807, 2.05) is 64.1 Å². The van der Waals surface area contributed by atoms with Crippen molar-refractivity contribution in [2.75, 3.05) is 19.6 Å². The number of aromatic nitrogens is 2. The second-order valence-electron chi connectivity index (χ2n) is 6.93. The second-order valence-corrected chi connectivity index (χ2v) is 6.93. The fraction of sp³-hybridized carbons (Fsp3) is 0.333. The molecule has 1 saturated heterocycles. The third-order valence-electron chi connectivity index (χ3n) is 5.11. The minimum atomic E-state index is 0.107. The number of rotatable bonds is 6. The molecule has 1 atom stereocenters. The molecule has 140 valence electrons. The third-order valence-corrected chi connectivity index (χ3v) is 5.11. The van der Waals surface area contributed by atoms with Crippen LogP contribution in [0.15, 0.2) is 54.6 Å². The summed E-state index contributed by atoms with van der Waals surface area (Å²) in [4.78, 5) is 19.4. The number of hydrogen-bond acceptors (Lipinski definition) is 4. The summed E-state index contributed by atoms with van der Waals surface area (Å²) in [5.41, 5.74) is 7.58. The summed E-state index contributed by atoms with van der Waals surface area (Å²) in [6.45, 7) is 2.75. The first-order chi connectivity index (χ1) is 13.2. The van der Waals surface area contributed by atoms with Crippen LogP contribution in [0.1, 0.15) is 12.2 Å². The molecule has 6 nitrogen and oxygen atoms in total. The lowest BCUT2D eigenvalue weighted by Gasteiger charge is -2.18. The van der Waals surface area contributed by atoms with Crippen molar-refractivity contribution in [2.24, 2.45) is 11.7 Å². The third kappa shape index (κ3) is 3.80. The Morgan fingerprint density at radius 1 is 1.15 bits per heavy atom. The molecule has 1 fully saturated rings. The van der Waals surface area contributed by atoms with Gasteiger partial charge in [0.2, 0.25) is 5.91 Å². The number of para-hydroxylation sites is 3. The van der Waals surface area contributed by atoms with E-state index in [1.54, 1.807) is 0 Å². The zero-order valence-corrected chi connectivity index (χ0v) is 15.3. The summed E-state index contributed by atoms with van der Waals surface area (Å²) in [5, 5.41) is 0. The maximum absolute atomic E-state index is 12.8. The number of carbonyl (C=O) groups excluding carboxylic acids is 1. The van der Waals surface area contributed by atoms with Gasteiger partial charge < -0.3 is 19.9 Å². The maximum Gasteiger partial charge on any atom is 0.242 e. The van der Waals surface area contributed by atoms with Gasteiger partial charge in [-0.1, -0.05) is 30.3 Å². The van der Waals surface area contributed by atoms with Crippen LogP contribution < -0.4 is 10.5 Å². The molecule has 2 heterocycles.